The van der Waals surface area contributed by atoms with E-state index in [-0.39, 0.29) is 12.4 Å². The summed E-state index contributed by atoms with van der Waals surface area (Å²) in [5.74, 6) is 0.911. The molecule has 0 saturated carbocycles. The fourth-order valence-electron chi connectivity index (χ4n) is 1.31. The lowest BCUT2D eigenvalue weighted by Crippen LogP contribution is -2.05. The van der Waals surface area contributed by atoms with Crippen LogP contribution in [-0.4, -0.2) is 18.1 Å². The van der Waals surface area contributed by atoms with Gasteiger partial charge in [-0.05, 0) is 18.4 Å². The van der Waals surface area contributed by atoms with Gasteiger partial charge in [-0.15, -0.1) is 11.3 Å². The van der Waals surface area contributed by atoms with E-state index < -0.39 is 0 Å². The predicted octanol–water partition coefficient (Wildman–Crippen LogP) is 2.43. The summed E-state index contributed by atoms with van der Waals surface area (Å²) in [6.45, 7) is 1.79. The van der Waals surface area contributed by atoms with Gasteiger partial charge in [0.15, 0.2) is 0 Å². The number of aromatic nitrogens is 1. The molecular weight excluding hydrogens is 226 g/mol. The van der Waals surface area contributed by atoms with Crippen molar-refractivity contribution in [3.05, 3.63) is 29.0 Å². The molecule has 0 fully saturated rings. The topological polar surface area (TPSA) is 52.3 Å². The third kappa shape index (κ3) is 2.14. The highest BCUT2D eigenvalue weighted by molar-refractivity contribution is 7.13. The molecule has 0 spiro atoms. The second-order valence-corrected chi connectivity index (χ2v) is 4.20. The molecule has 0 N–H and O–H groups in total. The minimum Gasteiger partial charge on any atom is -0.469 e. The molecule has 0 aliphatic carbocycles. The van der Waals surface area contributed by atoms with E-state index in [2.05, 4.69) is 9.72 Å². The standard InChI is InChI=1S/C11H11NO3S/c1-7-8(6-10(13)14-2)12-11(15-7)9-4-3-5-16-9/h3-5H,6H2,1-2H3. The maximum absolute atomic E-state index is 11.1. The number of oxazole rings is 1. The van der Waals surface area contributed by atoms with Crippen LogP contribution in [0.4, 0.5) is 0 Å². The summed E-state index contributed by atoms with van der Waals surface area (Å²) in [4.78, 5) is 16.4. The molecule has 5 heteroatoms. The van der Waals surface area contributed by atoms with Gasteiger partial charge < -0.3 is 9.15 Å². The van der Waals surface area contributed by atoms with E-state index in [1.807, 2.05) is 17.5 Å². The van der Waals surface area contributed by atoms with Crippen molar-refractivity contribution in [3.63, 3.8) is 0 Å². The molecule has 0 saturated heterocycles. The third-order valence-electron chi connectivity index (χ3n) is 2.16. The lowest BCUT2D eigenvalue weighted by Gasteiger charge is -1.94. The van der Waals surface area contributed by atoms with Crippen molar-refractivity contribution in [2.45, 2.75) is 13.3 Å². The van der Waals surface area contributed by atoms with Crippen LogP contribution >= 0.6 is 11.3 Å². The zero-order valence-electron chi connectivity index (χ0n) is 9.02. The Hall–Kier alpha value is -1.62. The number of aryl methyl sites for hydroxylation is 1. The maximum Gasteiger partial charge on any atom is 0.311 e. The van der Waals surface area contributed by atoms with Crippen LogP contribution in [0.1, 0.15) is 11.5 Å². The molecule has 2 heterocycles. The number of carbonyl (C=O) groups excluding carboxylic acids is 1. The lowest BCUT2D eigenvalue weighted by molar-refractivity contribution is -0.139. The van der Waals surface area contributed by atoms with Crippen LogP contribution in [0.3, 0.4) is 0 Å². The molecule has 0 amide bonds. The average Bonchev–Trinajstić information content (AvgIpc) is 2.88. The van der Waals surface area contributed by atoms with Gasteiger partial charge in [-0.1, -0.05) is 6.07 Å². The highest BCUT2D eigenvalue weighted by Crippen LogP contribution is 2.26. The van der Waals surface area contributed by atoms with Crippen LogP contribution < -0.4 is 0 Å². The van der Waals surface area contributed by atoms with Crippen LogP contribution in [0.5, 0.6) is 0 Å². The first-order valence-corrected chi connectivity index (χ1v) is 5.65. The molecule has 0 aromatic carbocycles. The van der Waals surface area contributed by atoms with Gasteiger partial charge in [-0.2, -0.15) is 0 Å². The fourth-order valence-corrected chi connectivity index (χ4v) is 1.96. The van der Waals surface area contributed by atoms with E-state index >= 15 is 0 Å². The highest BCUT2D eigenvalue weighted by Gasteiger charge is 2.15. The molecule has 2 aromatic rings. The van der Waals surface area contributed by atoms with E-state index in [1.165, 1.54) is 7.11 Å². The zero-order chi connectivity index (χ0) is 11.5. The van der Waals surface area contributed by atoms with Crippen molar-refractivity contribution in [3.8, 4) is 10.8 Å². The summed E-state index contributed by atoms with van der Waals surface area (Å²) in [6, 6.07) is 3.86. The smallest absolute Gasteiger partial charge is 0.311 e. The summed E-state index contributed by atoms with van der Waals surface area (Å²) < 4.78 is 10.1. The Kier molecular flexibility index (Phi) is 3.05. The number of carbonyl (C=O) groups is 1. The van der Waals surface area contributed by atoms with Crippen LogP contribution in [-0.2, 0) is 16.0 Å². The van der Waals surface area contributed by atoms with Gasteiger partial charge in [-0.3, -0.25) is 4.79 Å². The van der Waals surface area contributed by atoms with Gasteiger partial charge in [-0.25, -0.2) is 4.98 Å². The third-order valence-corrected chi connectivity index (χ3v) is 3.02. The number of methoxy groups -OCH3 is 1. The Morgan fingerprint density at radius 2 is 2.44 bits per heavy atom. The average molecular weight is 237 g/mol. The summed E-state index contributed by atoms with van der Waals surface area (Å²) in [5, 5.41) is 1.95. The second kappa shape index (κ2) is 4.49. The molecule has 0 radical (unpaired) electrons. The van der Waals surface area contributed by atoms with E-state index in [0.29, 0.717) is 17.3 Å². The largest absolute Gasteiger partial charge is 0.469 e. The second-order valence-electron chi connectivity index (χ2n) is 3.25. The van der Waals surface area contributed by atoms with Crippen LogP contribution in [0, 0.1) is 6.92 Å². The zero-order valence-corrected chi connectivity index (χ0v) is 9.84. The minimum absolute atomic E-state index is 0.150. The molecule has 0 aliphatic heterocycles. The number of nitrogens with zero attached hydrogens (tertiary/aromatic N) is 1. The highest BCUT2D eigenvalue weighted by atomic mass is 32.1. The molecule has 16 heavy (non-hydrogen) atoms. The molecule has 2 aromatic heterocycles. The quantitative estimate of drug-likeness (QED) is 0.769. The minimum atomic E-state index is -0.311. The van der Waals surface area contributed by atoms with E-state index in [9.17, 15) is 4.79 Å². The normalized spacial score (nSPS) is 10.4. The van der Waals surface area contributed by atoms with E-state index in [0.717, 1.165) is 4.88 Å². The Bertz CT molecular complexity index is 487. The SMILES string of the molecule is COC(=O)Cc1nc(-c2cccs2)oc1C. The first kappa shape index (κ1) is 10.9. The Balaban J connectivity index is 2.25. The number of hydrogen-bond acceptors (Lipinski definition) is 5. The van der Waals surface area contributed by atoms with Gasteiger partial charge in [0.1, 0.15) is 5.76 Å². The number of ether oxygens (including phenoxy) is 1. The molecule has 84 valence electrons. The summed E-state index contributed by atoms with van der Waals surface area (Å²) >= 11 is 1.55. The first-order chi connectivity index (χ1) is 7.70. The number of esters is 1. The molecule has 2 rings (SSSR count). The van der Waals surface area contributed by atoms with Gasteiger partial charge in [0.05, 0.1) is 24.1 Å². The summed E-state index contributed by atoms with van der Waals surface area (Å²) in [7, 11) is 1.36. The summed E-state index contributed by atoms with van der Waals surface area (Å²) in [5.41, 5.74) is 0.634. The van der Waals surface area contributed by atoms with Crippen LogP contribution in [0.2, 0.25) is 0 Å². The van der Waals surface area contributed by atoms with E-state index in [4.69, 9.17) is 4.42 Å². The fraction of sp³-hybridized carbons (Fsp3) is 0.273. The van der Waals surface area contributed by atoms with Crippen molar-refractivity contribution in [1.82, 2.24) is 4.98 Å². The van der Waals surface area contributed by atoms with Gasteiger partial charge in [0.25, 0.3) is 0 Å². The van der Waals surface area contributed by atoms with Crippen molar-refractivity contribution in [2.75, 3.05) is 7.11 Å². The van der Waals surface area contributed by atoms with Crippen molar-refractivity contribution in [1.29, 1.82) is 0 Å². The van der Waals surface area contributed by atoms with Gasteiger partial charge >= 0.3 is 5.97 Å². The molecule has 0 atom stereocenters. The monoisotopic (exact) mass is 237 g/mol. The Morgan fingerprint density at radius 3 is 3.06 bits per heavy atom. The maximum atomic E-state index is 11.1. The van der Waals surface area contributed by atoms with Crippen molar-refractivity contribution in [2.24, 2.45) is 0 Å². The van der Waals surface area contributed by atoms with Gasteiger partial charge in [0.2, 0.25) is 5.89 Å². The van der Waals surface area contributed by atoms with Gasteiger partial charge in [0, 0.05) is 0 Å². The molecule has 0 bridgehead atoms. The Labute approximate surface area is 96.9 Å². The van der Waals surface area contributed by atoms with E-state index in [1.54, 1.807) is 18.3 Å². The predicted molar refractivity (Wildman–Crippen MR) is 60.3 cm³/mol. The van der Waals surface area contributed by atoms with Crippen LogP contribution in [0.25, 0.3) is 10.8 Å². The van der Waals surface area contributed by atoms with Crippen LogP contribution in [0.15, 0.2) is 21.9 Å². The van der Waals surface area contributed by atoms with Crippen molar-refractivity contribution < 1.29 is 13.9 Å². The Morgan fingerprint density at radius 1 is 1.62 bits per heavy atom. The number of rotatable bonds is 3. The van der Waals surface area contributed by atoms with Crippen molar-refractivity contribution >= 4 is 17.3 Å². The number of thiophene rings is 1. The number of hydrogen-bond donors (Lipinski definition) is 0. The lowest BCUT2D eigenvalue weighted by atomic mass is 10.3. The molecular formula is C11H11NO3S. The molecule has 0 unspecified atom stereocenters. The first-order valence-electron chi connectivity index (χ1n) is 4.77. The molecule has 0 aliphatic rings. The summed E-state index contributed by atoms with van der Waals surface area (Å²) in [6.07, 6.45) is 0.150. The molecule has 4 nitrogen and oxygen atoms in total.